The van der Waals surface area contributed by atoms with E-state index in [-0.39, 0.29) is 163 Å². The van der Waals surface area contributed by atoms with Gasteiger partial charge in [-0.3, -0.25) is 38.4 Å². The van der Waals surface area contributed by atoms with Crippen LogP contribution < -0.4 is 0 Å². The number of rotatable bonds is 54. The molecule has 0 aromatic heterocycles. The molecule has 34 atom stereocenters. The summed E-state index contributed by atoms with van der Waals surface area (Å²) in [6.45, 7) is -0.288. The molecule has 8 fully saturated rings. The van der Waals surface area contributed by atoms with Crippen LogP contribution in [0.1, 0.15) is 83.5 Å². The SMILES string of the molecule is O=C(O)CCSC[C@H]1O[C@H](O[C@H]2[C@H](O)C[C@@H](O[C@H]3[C@H](O)C[C@@H](O[C@H]4[C@H](O)[C@@H](O)[C@@H](O[C@H]5[C@H](O)C[C@@H](O[C@H]6[C@H](O)[C@@H](O)[C@@H](O[C@H]7[C@H](O)C[C@@H](O[C@H]8[C@H](O)[C@@H](O)CO[C@@H]8CSCCC(=O)O)O[C@@H]7CSCCC(=O)O)O[C@@H]6CSCCC(=O)O)O[C@@H]5CSCCC(=O)O)O[C@@H]4CSCCC(=O)O)O[C@@H]3CSCCC(=O)O)O[C@@H]2CSCCC(=O)O)C[C@@H](O)[C@@H]1O. The first kappa shape index (κ1) is 106. The number of carboxylic acid groups (broad SMARTS) is 8. The Morgan fingerprint density at radius 1 is 0.228 bits per heavy atom. The van der Waals surface area contributed by atoms with Crippen molar-refractivity contribution in [3.05, 3.63) is 0 Å². The van der Waals surface area contributed by atoms with E-state index in [9.17, 15) is 130 Å². The van der Waals surface area contributed by atoms with Gasteiger partial charge in [-0.15, -0.1) is 0 Å². The predicted molar refractivity (Wildman–Crippen MR) is 436 cm³/mol. The maximum atomic E-state index is 12.3. The van der Waals surface area contributed by atoms with E-state index < -0.39 is 276 Å². The van der Waals surface area contributed by atoms with Crippen LogP contribution in [0.4, 0.5) is 0 Å². The van der Waals surface area contributed by atoms with E-state index in [1.807, 2.05) is 0 Å². The fourth-order valence-corrected chi connectivity index (χ4v) is 22.1. The molecule has 0 aliphatic carbocycles. The van der Waals surface area contributed by atoms with Gasteiger partial charge in [0.05, 0.1) is 137 Å². The zero-order valence-electron chi connectivity index (χ0n) is 66.4. The van der Waals surface area contributed by atoms with E-state index in [1.165, 1.54) is 11.8 Å². The highest BCUT2D eigenvalue weighted by molar-refractivity contribution is 8.00. The zero-order chi connectivity index (χ0) is 89.7. The van der Waals surface area contributed by atoms with Gasteiger partial charge in [-0.1, -0.05) is 0 Å². The molecule has 51 heteroatoms. The molecule has 0 saturated carbocycles. The van der Waals surface area contributed by atoms with Crippen molar-refractivity contribution in [2.75, 3.05) is 98.7 Å². The van der Waals surface area contributed by atoms with Crippen LogP contribution in [0.2, 0.25) is 0 Å². The van der Waals surface area contributed by atoms with Crippen LogP contribution in [0.3, 0.4) is 0 Å². The van der Waals surface area contributed by atoms with Crippen LogP contribution in [0, 0.1) is 0 Å². The van der Waals surface area contributed by atoms with Gasteiger partial charge in [0.2, 0.25) is 0 Å². The van der Waals surface area contributed by atoms with E-state index in [0.29, 0.717) is 0 Å². The number of aliphatic carboxylic acids is 8. The first-order valence-electron chi connectivity index (χ1n) is 39.8. The third kappa shape index (κ3) is 34.5. The average Bonchev–Trinajstić information content (AvgIpc) is 0.777. The lowest BCUT2D eigenvalue weighted by molar-refractivity contribution is -0.372. The zero-order valence-corrected chi connectivity index (χ0v) is 73.0. The average molecular weight is 1920 g/mol. The maximum Gasteiger partial charge on any atom is 0.304 e. The van der Waals surface area contributed by atoms with Gasteiger partial charge in [-0.25, -0.2) is 0 Å². The summed E-state index contributed by atoms with van der Waals surface area (Å²) in [5, 5.41) is 215. The Hall–Kier alpha value is -2.52. The van der Waals surface area contributed by atoms with E-state index >= 15 is 0 Å². The van der Waals surface area contributed by atoms with E-state index in [0.717, 1.165) is 82.3 Å². The minimum atomic E-state index is -2.09. The molecule has 8 heterocycles. The Labute approximate surface area is 739 Å². The summed E-state index contributed by atoms with van der Waals surface area (Å²) in [7, 11) is 0. The summed E-state index contributed by atoms with van der Waals surface area (Å²) in [5.74, 6) is -9.13. The highest BCUT2D eigenvalue weighted by Crippen LogP contribution is 2.41. The number of aliphatic hydroxyl groups excluding tert-OH is 12. The highest BCUT2D eigenvalue weighted by atomic mass is 32.2. The Balaban J connectivity index is 0.970. The lowest BCUT2D eigenvalue weighted by Gasteiger charge is -2.49. The van der Waals surface area contributed by atoms with Crippen molar-refractivity contribution in [1.29, 1.82) is 0 Å². The van der Waals surface area contributed by atoms with Crippen molar-refractivity contribution in [3.63, 3.8) is 0 Å². The molecule has 8 saturated heterocycles. The molecule has 0 spiro atoms. The van der Waals surface area contributed by atoms with Crippen LogP contribution in [0.15, 0.2) is 0 Å². The van der Waals surface area contributed by atoms with E-state index in [1.54, 1.807) is 0 Å². The predicted octanol–water partition coefficient (Wildman–Crippen LogP) is -2.90. The summed E-state index contributed by atoms with van der Waals surface area (Å²) in [5.41, 5.74) is 0. The second-order valence-electron chi connectivity index (χ2n) is 30.0. The first-order chi connectivity index (χ1) is 58.5. The standard InChI is InChI=1S/C72H114O43S8/c73-31-17-53(102-37(58(31)95)23-116-9-1-45(79)80)109-64-32(74)18-54(103-39(64)25-118-11-3-47(83)84)110-65-33(75)19-56(104-40(65)26-119-12-4-48(85)86)112-69-43(29-122-15-7-51(91)92)107-72(62(99)60(69)97)115-67-35(77)21-57(106-42(67)28-121-14-6-50(89)90)113-70-44(30-123-16-8-52(93)94)108-71(63(100)61(70)98)114-66-34(76)20-55(105-41(66)27-120-13-5-49(87)88)111-68-38(24-117-10-2-46(81)82)101-22-36(78)59(68)96/h31-44,53-78,95-100H,1-30H2,(H,79,80)(H,81,82)(H,83,84)(H,85,86)(H,87,88)(H,89,90)(H,91,92)(H,93,94)/t31-,32-,33-,34-,35-,36+,37-,38-,39-,40-,41-,42-,43-,44-,53-,54-,55-,56-,57-,58+,59-,60-,61-,62-,63-,64+,65+,66+,67+,68-,69-,70-,71-,72-/m1/s1. The first-order valence-corrected chi connectivity index (χ1v) is 49.1. The van der Waals surface area contributed by atoms with Gasteiger partial charge < -0.3 is 173 Å². The molecule has 20 N–H and O–H groups in total. The third-order valence-corrected chi connectivity index (χ3v) is 28.9. The Kier molecular flexibility index (Phi) is 46.3. The molecule has 8 rings (SSSR count). The van der Waals surface area contributed by atoms with Crippen LogP contribution in [0.25, 0.3) is 0 Å². The van der Waals surface area contributed by atoms with Crippen molar-refractivity contribution in [3.8, 4) is 0 Å². The van der Waals surface area contributed by atoms with Gasteiger partial charge in [-0.2, -0.15) is 94.1 Å². The van der Waals surface area contributed by atoms with Crippen molar-refractivity contribution in [1.82, 2.24) is 0 Å². The molecule has 0 amide bonds. The normalized spacial score (nSPS) is 38.1. The molecule has 708 valence electrons. The summed E-state index contributed by atoms with van der Waals surface area (Å²) in [4.78, 5) is 92.3. The summed E-state index contributed by atoms with van der Waals surface area (Å²) in [6.07, 6.45) is -54.8. The van der Waals surface area contributed by atoms with Crippen LogP contribution in [-0.2, 0) is 109 Å². The summed E-state index contributed by atoms with van der Waals surface area (Å²) >= 11 is 8.69. The summed E-state index contributed by atoms with van der Waals surface area (Å²) < 4.78 is 94.6. The fraction of sp³-hybridized carbons (Fsp3) is 0.889. The van der Waals surface area contributed by atoms with Crippen LogP contribution >= 0.6 is 94.1 Å². The van der Waals surface area contributed by atoms with Crippen LogP contribution in [-0.4, -0.2) is 457 Å². The number of hydrogen-bond acceptors (Lipinski definition) is 43. The molecule has 0 radical (unpaired) electrons. The van der Waals surface area contributed by atoms with Crippen molar-refractivity contribution < 1.29 is 212 Å². The number of thioether (sulfide) groups is 8. The van der Waals surface area contributed by atoms with Crippen molar-refractivity contribution in [2.24, 2.45) is 0 Å². The Morgan fingerprint density at radius 2 is 0.439 bits per heavy atom. The molecular formula is C72H114O43S8. The van der Waals surface area contributed by atoms with Crippen molar-refractivity contribution >= 4 is 142 Å². The third-order valence-electron chi connectivity index (χ3n) is 20.5. The molecule has 8 aliphatic rings. The molecule has 123 heavy (non-hydrogen) atoms. The largest absolute Gasteiger partial charge is 0.481 e. The number of carboxylic acids is 8. The molecule has 8 aliphatic heterocycles. The second-order valence-corrected chi connectivity index (χ2v) is 39.2. The number of hydrogen-bond donors (Lipinski definition) is 20. The molecule has 0 bridgehead atoms. The lowest BCUT2D eigenvalue weighted by Crippen LogP contribution is -2.65. The maximum absolute atomic E-state index is 12.3. The minimum absolute atomic E-state index is 0.00827. The highest BCUT2D eigenvalue weighted by Gasteiger charge is 2.56. The monoisotopic (exact) mass is 1920 g/mol. The topological polar surface area (TPSA) is 680 Å². The van der Waals surface area contributed by atoms with Gasteiger partial charge in [0.15, 0.2) is 44.0 Å². The fourth-order valence-electron chi connectivity index (χ4n) is 14.2. The quantitative estimate of drug-likeness (QED) is 0.0272. The number of carbonyl (C=O) groups is 8. The summed E-state index contributed by atoms with van der Waals surface area (Å²) in [6, 6.07) is 0. The molecule has 0 aromatic carbocycles. The Bertz CT molecular complexity index is 3230. The van der Waals surface area contributed by atoms with Gasteiger partial charge in [0, 0.05) is 124 Å². The lowest BCUT2D eigenvalue weighted by atomic mass is 9.97. The second kappa shape index (κ2) is 53.9. The van der Waals surface area contributed by atoms with Gasteiger partial charge in [0.1, 0.15) is 85.5 Å². The van der Waals surface area contributed by atoms with Gasteiger partial charge in [0.25, 0.3) is 0 Å². The number of aliphatic hydroxyl groups is 12. The molecule has 43 nitrogen and oxygen atoms in total. The van der Waals surface area contributed by atoms with E-state index in [2.05, 4.69) is 0 Å². The van der Waals surface area contributed by atoms with Crippen molar-refractivity contribution in [2.45, 2.75) is 292 Å². The molecule has 0 unspecified atom stereocenters. The number of ether oxygens (including phenoxy) is 15. The van der Waals surface area contributed by atoms with Gasteiger partial charge >= 0.3 is 47.8 Å². The van der Waals surface area contributed by atoms with Crippen LogP contribution in [0.5, 0.6) is 0 Å². The molecule has 0 aromatic rings. The minimum Gasteiger partial charge on any atom is -0.481 e. The molecular weight excluding hydrogens is 1810 g/mol. The smallest absolute Gasteiger partial charge is 0.304 e. The Morgan fingerprint density at radius 3 is 0.707 bits per heavy atom. The van der Waals surface area contributed by atoms with Gasteiger partial charge in [-0.05, 0) is 0 Å². The van der Waals surface area contributed by atoms with E-state index in [4.69, 9.17) is 81.3 Å².